The zero-order valence-electron chi connectivity index (χ0n) is 16.9. The molecule has 158 valence electrons. The predicted molar refractivity (Wildman–Crippen MR) is 120 cm³/mol. The van der Waals surface area contributed by atoms with Crippen LogP contribution in [0.2, 0.25) is 0 Å². The highest BCUT2D eigenvalue weighted by Gasteiger charge is 2.35. The van der Waals surface area contributed by atoms with Crippen LogP contribution >= 0.6 is 0 Å². The minimum atomic E-state index is -0.305. The van der Waals surface area contributed by atoms with E-state index in [1.807, 2.05) is 24.3 Å². The molecule has 3 aliphatic rings. The van der Waals surface area contributed by atoms with Crippen LogP contribution in [0.4, 0.5) is 5.69 Å². The normalized spacial score (nSPS) is 22.9. The molecule has 0 radical (unpaired) electrons. The maximum absolute atomic E-state index is 13.2. The topological polar surface area (TPSA) is 117 Å². The fraction of sp³-hybridized carbons (Fsp3) is 0.304. The number of fused-ring (bicyclic) bond motifs is 5. The molecule has 1 atom stereocenters. The smallest absolute Gasteiger partial charge is 0.261 e. The molecule has 31 heavy (non-hydrogen) atoms. The van der Waals surface area contributed by atoms with E-state index >= 15 is 0 Å². The molecule has 1 unspecified atom stereocenters. The van der Waals surface area contributed by atoms with Crippen molar-refractivity contribution in [3.63, 3.8) is 0 Å². The van der Waals surface area contributed by atoms with Gasteiger partial charge in [-0.2, -0.15) is 0 Å². The molecule has 5 heterocycles. The molecule has 7 rings (SSSR count). The molecule has 2 aromatic heterocycles. The van der Waals surface area contributed by atoms with E-state index in [1.54, 1.807) is 0 Å². The number of rotatable bonds is 3. The van der Waals surface area contributed by atoms with Gasteiger partial charge in [0.1, 0.15) is 11.4 Å². The number of aromatic hydroxyl groups is 2. The molecule has 8 heteroatoms. The number of benzene rings is 2. The lowest BCUT2D eigenvalue weighted by Gasteiger charge is -2.45. The van der Waals surface area contributed by atoms with Crippen LogP contribution in [0.1, 0.15) is 12.8 Å². The molecule has 3 fully saturated rings. The predicted octanol–water partition coefficient (Wildman–Crippen LogP) is 2.99. The summed E-state index contributed by atoms with van der Waals surface area (Å²) in [6.07, 6.45) is 2.26. The number of piperidine rings is 3. The van der Waals surface area contributed by atoms with Gasteiger partial charge in [0.05, 0.1) is 22.2 Å². The van der Waals surface area contributed by atoms with E-state index < -0.39 is 0 Å². The molecule has 3 aliphatic heterocycles. The van der Waals surface area contributed by atoms with Crippen LogP contribution in [-0.2, 0) is 0 Å². The zero-order chi connectivity index (χ0) is 21.1. The summed E-state index contributed by atoms with van der Waals surface area (Å²) in [5.41, 5.74) is 2.82. The lowest BCUT2D eigenvalue weighted by atomic mass is 9.83. The van der Waals surface area contributed by atoms with Gasteiger partial charge in [-0.05, 0) is 50.0 Å². The highest BCUT2D eigenvalue weighted by molar-refractivity contribution is 6.00. The molecular weight excluding hydrogens is 394 g/mol. The van der Waals surface area contributed by atoms with Crippen molar-refractivity contribution < 1.29 is 10.2 Å². The second-order valence-electron chi connectivity index (χ2n) is 8.58. The SMILES string of the molecule is O=c1[nH]c2cc(O)c(O)cc2c(NC2CN3CCC2CC3)c1-c1nc2ccccc2[nH]1. The number of imidazole rings is 1. The van der Waals surface area contributed by atoms with Crippen molar-refractivity contribution in [1.82, 2.24) is 19.9 Å². The molecule has 4 aromatic rings. The number of aromatic nitrogens is 3. The highest BCUT2D eigenvalue weighted by atomic mass is 16.3. The molecule has 2 bridgehead atoms. The summed E-state index contributed by atoms with van der Waals surface area (Å²) in [6.45, 7) is 3.15. The van der Waals surface area contributed by atoms with Crippen LogP contribution in [-0.4, -0.2) is 55.7 Å². The van der Waals surface area contributed by atoms with Crippen LogP contribution in [0.15, 0.2) is 41.2 Å². The average Bonchev–Trinajstić information content (AvgIpc) is 3.20. The number of phenols is 2. The summed E-state index contributed by atoms with van der Waals surface area (Å²) >= 11 is 0. The van der Waals surface area contributed by atoms with Crippen molar-refractivity contribution in [3.05, 3.63) is 46.8 Å². The van der Waals surface area contributed by atoms with Crippen LogP contribution in [0.25, 0.3) is 33.3 Å². The van der Waals surface area contributed by atoms with Gasteiger partial charge < -0.3 is 30.4 Å². The Labute approximate surface area is 177 Å². The Balaban J connectivity index is 1.58. The molecule has 0 saturated carbocycles. The van der Waals surface area contributed by atoms with Gasteiger partial charge in [0.2, 0.25) is 0 Å². The maximum atomic E-state index is 13.2. The average molecular weight is 417 g/mol. The van der Waals surface area contributed by atoms with E-state index in [1.165, 1.54) is 12.1 Å². The lowest BCUT2D eigenvalue weighted by molar-refractivity contribution is 0.0976. The van der Waals surface area contributed by atoms with Crippen LogP contribution in [0.5, 0.6) is 11.5 Å². The van der Waals surface area contributed by atoms with E-state index in [0.29, 0.717) is 33.9 Å². The van der Waals surface area contributed by atoms with Gasteiger partial charge in [-0.3, -0.25) is 4.79 Å². The summed E-state index contributed by atoms with van der Waals surface area (Å²) in [5, 5.41) is 24.4. The maximum Gasteiger partial charge on any atom is 0.261 e. The Kier molecular flexibility index (Phi) is 3.97. The Bertz CT molecular complexity index is 1330. The minimum Gasteiger partial charge on any atom is -0.504 e. The number of hydrogen-bond donors (Lipinski definition) is 5. The van der Waals surface area contributed by atoms with Gasteiger partial charge in [0.25, 0.3) is 5.56 Å². The summed E-state index contributed by atoms with van der Waals surface area (Å²) in [4.78, 5) is 26.4. The Hall–Kier alpha value is -3.52. The van der Waals surface area contributed by atoms with Crippen molar-refractivity contribution in [2.45, 2.75) is 18.9 Å². The first kappa shape index (κ1) is 18.3. The van der Waals surface area contributed by atoms with Gasteiger partial charge in [-0.15, -0.1) is 0 Å². The van der Waals surface area contributed by atoms with Gasteiger partial charge in [-0.25, -0.2) is 4.98 Å². The third kappa shape index (κ3) is 2.94. The van der Waals surface area contributed by atoms with Crippen LogP contribution in [0, 0.1) is 5.92 Å². The number of nitrogens with zero attached hydrogens (tertiary/aromatic N) is 2. The molecule has 8 nitrogen and oxygen atoms in total. The fourth-order valence-electron chi connectivity index (χ4n) is 5.08. The van der Waals surface area contributed by atoms with Crippen molar-refractivity contribution in [2.24, 2.45) is 5.92 Å². The number of nitrogens with one attached hydrogen (secondary N) is 3. The first-order valence-electron chi connectivity index (χ1n) is 10.6. The number of H-pyrrole nitrogens is 2. The second-order valence-corrected chi connectivity index (χ2v) is 8.58. The Morgan fingerprint density at radius 3 is 2.55 bits per heavy atom. The number of aromatic amines is 2. The summed E-state index contributed by atoms with van der Waals surface area (Å²) in [6, 6.07) is 10.7. The first-order chi connectivity index (χ1) is 15.1. The first-order valence-corrected chi connectivity index (χ1v) is 10.6. The van der Waals surface area contributed by atoms with Crippen LogP contribution in [0.3, 0.4) is 0 Å². The third-order valence-electron chi connectivity index (χ3n) is 6.72. The molecule has 0 spiro atoms. The number of para-hydroxylation sites is 2. The summed E-state index contributed by atoms with van der Waals surface area (Å²) in [5.74, 6) is 0.509. The molecule has 2 aromatic carbocycles. The van der Waals surface area contributed by atoms with E-state index in [2.05, 4.69) is 25.2 Å². The van der Waals surface area contributed by atoms with E-state index in [9.17, 15) is 15.0 Å². The Morgan fingerprint density at radius 1 is 1.03 bits per heavy atom. The summed E-state index contributed by atoms with van der Waals surface area (Å²) < 4.78 is 0. The number of hydrogen-bond acceptors (Lipinski definition) is 6. The van der Waals surface area contributed by atoms with Gasteiger partial charge in [-0.1, -0.05) is 12.1 Å². The number of phenolic OH excluding ortho intramolecular Hbond substituents is 2. The largest absolute Gasteiger partial charge is 0.504 e. The molecule has 0 amide bonds. The second kappa shape index (κ2) is 6.75. The molecule has 3 saturated heterocycles. The van der Waals surface area contributed by atoms with Gasteiger partial charge in [0.15, 0.2) is 11.5 Å². The molecule has 0 aliphatic carbocycles. The van der Waals surface area contributed by atoms with Crippen molar-refractivity contribution in [3.8, 4) is 22.9 Å². The van der Waals surface area contributed by atoms with Gasteiger partial charge in [0, 0.05) is 24.0 Å². The lowest BCUT2D eigenvalue weighted by Crippen LogP contribution is -2.53. The summed E-state index contributed by atoms with van der Waals surface area (Å²) in [7, 11) is 0. The zero-order valence-corrected chi connectivity index (χ0v) is 16.9. The minimum absolute atomic E-state index is 0.201. The van der Waals surface area contributed by atoms with Gasteiger partial charge >= 0.3 is 0 Å². The van der Waals surface area contributed by atoms with Crippen molar-refractivity contribution in [2.75, 3.05) is 25.0 Å². The number of pyridine rings is 1. The Morgan fingerprint density at radius 2 is 1.81 bits per heavy atom. The van der Waals surface area contributed by atoms with E-state index in [4.69, 9.17) is 0 Å². The highest BCUT2D eigenvalue weighted by Crippen LogP contribution is 2.38. The standard InChI is InChI=1S/C23H23N5O3/c29-18-9-13-16(10-19(18)30)27-23(31)20(22-25-14-3-1-2-4-15(14)26-22)21(13)24-17-11-28-7-5-12(17)6-8-28/h1-4,9-10,12,17,29-30H,5-8,11H2,(H,25,26)(H2,24,27,31). The molecule has 5 N–H and O–H groups in total. The quantitative estimate of drug-likeness (QED) is 0.327. The van der Waals surface area contributed by atoms with Crippen molar-refractivity contribution >= 4 is 27.6 Å². The van der Waals surface area contributed by atoms with E-state index in [0.717, 1.165) is 43.5 Å². The number of anilines is 1. The van der Waals surface area contributed by atoms with Crippen molar-refractivity contribution in [1.29, 1.82) is 0 Å². The third-order valence-corrected chi connectivity index (χ3v) is 6.72. The fourth-order valence-corrected chi connectivity index (χ4v) is 5.08. The molecular formula is C23H23N5O3. The van der Waals surface area contributed by atoms with Crippen LogP contribution < -0.4 is 10.9 Å². The van der Waals surface area contributed by atoms with E-state index in [-0.39, 0.29) is 23.1 Å². The monoisotopic (exact) mass is 417 g/mol.